The molecule has 1 heterocycles. The number of amides is 1. The lowest BCUT2D eigenvalue weighted by Gasteiger charge is -2.11. The van der Waals surface area contributed by atoms with Gasteiger partial charge < -0.3 is 16.0 Å². The minimum absolute atomic E-state index is 0. The van der Waals surface area contributed by atoms with Crippen molar-refractivity contribution in [2.24, 2.45) is 11.7 Å². The van der Waals surface area contributed by atoms with Crippen LogP contribution in [0.25, 0.3) is 10.9 Å². The second kappa shape index (κ2) is 6.71. The fourth-order valence-corrected chi connectivity index (χ4v) is 3.21. The largest absolute Gasteiger partial charge is 0.358 e. The molecule has 4 N–H and O–H groups in total. The highest BCUT2D eigenvalue weighted by atomic mass is 35.5. The Morgan fingerprint density at radius 1 is 1.36 bits per heavy atom. The van der Waals surface area contributed by atoms with Gasteiger partial charge in [0.15, 0.2) is 0 Å². The number of aryl methyl sites for hydroxylation is 2. The number of halogens is 1. The van der Waals surface area contributed by atoms with Gasteiger partial charge in [0.2, 0.25) is 5.91 Å². The zero-order valence-corrected chi connectivity index (χ0v) is 13.9. The summed E-state index contributed by atoms with van der Waals surface area (Å²) < 4.78 is 0. The van der Waals surface area contributed by atoms with Crippen molar-refractivity contribution in [3.8, 4) is 0 Å². The van der Waals surface area contributed by atoms with Gasteiger partial charge in [-0.15, -0.1) is 12.4 Å². The highest BCUT2D eigenvalue weighted by Crippen LogP contribution is 2.25. The third-order valence-electron chi connectivity index (χ3n) is 4.68. The smallest absolute Gasteiger partial charge is 0.223 e. The molecule has 1 aromatic heterocycles. The van der Waals surface area contributed by atoms with E-state index < -0.39 is 0 Å². The molecule has 1 saturated carbocycles. The normalized spacial score (nSPS) is 20.9. The average Bonchev–Trinajstić information content (AvgIpc) is 3.02. The molecule has 5 heteroatoms. The zero-order chi connectivity index (χ0) is 15.0. The Kier molecular flexibility index (Phi) is 5.14. The van der Waals surface area contributed by atoms with E-state index in [1.165, 1.54) is 16.6 Å². The molecule has 0 aliphatic heterocycles. The number of carbonyl (C=O) groups excluding carboxylic acids is 1. The number of hydrogen-bond donors (Lipinski definition) is 3. The van der Waals surface area contributed by atoms with E-state index >= 15 is 0 Å². The molecule has 0 radical (unpaired) electrons. The summed E-state index contributed by atoms with van der Waals surface area (Å²) >= 11 is 0. The molecular weight excluding hydrogens is 298 g/mol. The van der Waals surface area contributed by atoms with Gasteiger partial charge in [0, 0.05) is 35.1 Å². The minimum atomic E-state index is 0. The SMILES string of the molecule is Cc1[nH]c2ccc(CNC(=O)C3CCC(N)C3)cc2c1C.Cl. The van der Waals surface area contributed by atoms with Crippen LogP contribution in [0, 0.1) is 19.8 Å². The van der Waals surface area contributed by atoms with Crippen LogP contribution in [0.1, 0.15) is 36.1 Å². The summed E-state index contributed by atoms with van der Waals surface area (Å²) in [4.78, 5) is 15.5. The van der Waals surface area contributed by atoms with Gasteiger partial charge in [0.05, 0.1) is 0 Å². The molecule has 0 saturated heterocycles. The van der Waals surface area contributed by atoms with Crippen LogP contribution in [0.3, 0.4) is 0 Å². The molecule has 3 rings (SSSR count). The molecule has 1 amide bonds. The van der Waals surface area contributed by atoms with Crippen molar-refractivity contribution >= 4 is 29.2 Å². The number of rotatable bonds is 3. The maximum atomic E-state index is 12.1. The van der Waals surface area contributed by atoms with Crippen molar-refractivity contribution in [3.05, 3.63) is 35.0 Å². The van der Waals surface area contributed by atoms with Crippen molar-refractivity contribution in [2.45, 2.75) is 45.7 Å². The lowest BCUT2D eigenvalue weighted by molar-refractivity contribution is -0.125. The third-order valence-corrected chi connectivity index (χ3v) is 4.68. The van der Waals surface area contributed by atoms with Crippen molar-refractivity contribution in [1.82, 2.24) is 10.3 Å². The molecule has 1 aliphatic carbocycles. The third kappa shape index (κ3) is 3.28. The van der Waals surface area contributed by atoms with E-state index in [-0.39, 0.29) is 30.3 Å². The number of aromatic amines is 1. The fraction of sp³-hybridized carbons (Fsp3) is 0.471. The topological polar surface area (TPSA) is 70.9 Å². The van der Waals surface area contributed by atoms with Gasteiger partial charge in [0.1, 0.15) is 0 Å². The van der Waals surface area contributed by atoms with E-state index in [2.05, 4.69) is 42.3 Å². The van der Waals surface area contributed by atoms with Gasteiger partial charge in [-0.05, 0) is 56.4 Å². The first-order valence-electron chi connectivity index (χ1n) is 7.65. The average molecular weight is 322 g/mol. The number of carbonyl (C=O) groups is 1. The summed E-state index contributed by atoms with van der Waals surface area (Å²) in [6.45, 7) is 4.79. The highest BCUT2D eigenvalue weighted by molar-refractivity contribution is 5.85. The van der Waals surface area contributed by atoms with Gasteiger partial charge in [-0.1, -0.05) is 6.07 Å². The quantitative estimate of drug-likeness (QED) is 0.813. The summed E-state index contributed by atoms with van der Waals surface area (Å²) in [6, 6.07) is 6.51. The molecule has 2 aromatic rings. The number of fused-ring (bicyclic) bond motifs is 1. The molecule has 1 aromatic carbocycles. The van der Waals surface area contributed by atoms with Crippen molar-refractivity contribution in [2.75, 3.05) is 0 Å². The molecule has 1 aliphatic rings. The molecule has 4 nitrogen and oxygen atoms in total. The Morgan fingerprint density at radius 2 is 2.14 bits per heavy atom. The zero-order valence-electron chi connectivity index (χ0n) is 13.1. The van der Waals surface area contributed by atoms with E-state index in [1.54, 1.807) is 0 Å². The van der Waals surface area contributed by atoms with Crippen LogP contribution in [0.4, 0.5) is 0 Å². The Balaban J connectivity index is 0.00000176. The van der Waals surface area contributed by atoms with Crippen molar-refractivity contribution in [1.29, 1.82) is 0 Å². The van der Waals surface area contributed by atoms with Crippen molar-refractivity contribution < 1.29 is 4.79 Å². The number of nitrogens with two attached hydrogens (primary N) is 1. The van der Waals surface area contributed by atoms with E-state index in [9.17, 15) is 4.79 Å². The van der Waals surface area contributed by atoms with Gasteiger partial charge >= 0.3 is 0 Å². The lowest BCUT2D eigenvalue weighted by Crippen LogP contribution is -2.29. The minimum Gasteiger partial charge on any atom is -0.358 e. The second-order valence-corrected chi connectivity index (χ2v) is 6.24. The first kappa shape index (κ1) is 16.8. The number of nitrogens with one attached hydrogen (secondary N) is 2. The number of hydrogen-bond acceptors (Lipinski definition) is 2. The lowest BCUT2D eigenvalue weighted by atomic mass is 10.1. The van der Waals surface area contributed by atoms with Crippen LogP contribution in [0.2, 0.25) is 0 Å². The monoisotopic (exact) mass is 321 g/mol. The van der Waals surface area contributed by atoms with Crippen molar-refractivity contribution in [3.63, 3.8) is 0 Å². The van der Waals surface area contributed by atoms with Crippen LogP contribution in [0.5, 0.6) is 0 Å². The predicted molar refractivity (Wildman–Crippen MR) is 92.2 cm³/mol. The Hall–Kier alpha value is -1.52. The number of aromatic nitrogens is 1. The molecule has 0 spiro atoms. The van der Waals surface area contributed by atoms with Gasteiger partial charge in [-0.25, -0.2) is 0 Å². The van der Waals surface area contributed by atoms with Crippen LogP contribution in [0.15, 0.2) is 18.2 Å². The molecule has 22 heavy (non-hydrogen) atoms. The second-order valence-electron chi connectivity index (χ2n) is 6.24. The van der Waals surface area contributed by atoms with Gasteiger partial charge in [-0.3, -0.25) is 4.79 Å². The Morgan fingerprint density at radius 3 is 2.82 bits per heavy atom. The molecule has 1 fully saturated rings. The summed E-state index contributed by atoms with van der Waals surface area (Å²) in [7, 11) is 0. The Labute approximate surface area is 137 Å². The molecule has 120 valence electrons. The van der Waals surface area contributed by atoms with E-state index in [4.69, 9.17) is 5.73 Å². The standard InChI is InChI=1S/C17H23N3O.ClH/c1-10-11(2)20-16-6-3-12(7-15(10)16)9-19-17(21)13-4-5-14(18)8-13;/h3,6-7,13-14,20H,4-5,8-9,18H2,1-2H3,(H,19,21);1H. The number of benzene rings is 1. The number of H-pyrrole nitrogens is 1. The van der Waals surface area contributed by atoms with Gasteiger partial charge in [0.25, 0.3) is 0 Å². The summed E-state index contributed by atoms with van der Waals surface area (Å²) in [5, 5.41) is 4.29. The maximum absolute atomic E-state index is 12.1. The van der Waals surface area contributed by atoms with Crippen LogP contribution in [-0.2, 0) is 11.3 Å². The van der Waals surface area contributed by atoms with Crippen LogP contribution < -0.4 is 11.1 Å². The highest BCUT2D eigenvalue weighted by Gasteiger charge is 2.27. The fourth-order valence-electron chi connectivity index (χ4n) is 3.21. The van der Waals surface area contributed by atoms with E-state index in [1.807, 2.05) is 0 Å². The molecule has 2 atom stereocenters. The summed E-state index contributed by atoms with van der Waals surface area (Å²) in [6.07, 6.45) is 2.70. The molecule has 2 unspecified atom stereocenters. The first-order chi connectivity index (χ1) is 10.0. The first-order valence-corrected chi connectivity index (χ1v) is 7.65. The summed E-state index contributed by atoms with van der Waals surface area (Å²) in [5.41, 5.74) is 10.6. The van der Waals surface area contributed by atoms with E-state index in [0.29, 0.717) is 6.54 Å². The van der Waals surface area contributed by atoms with Gasteiger partial charge in [-0.2, -0.15) is 0 Å². The molecule has 0 bridgehead atoms. The maximum Gasteiger partial charge on any atom is 0.223 e. The Bertz CT molecular complexity index is 680. The summed E-state index contributed by atoms with van der Waals surface area (Å²) in [5.74, 6) is 0.241. The van der Waals surface area contributed by atoms with E-state index in [0.717, 1.165) is 30.3 Å². The predicted octanol–water partition coefficient (Wildman–Crippen LogP) is 2.95. The van der Waals surface area contributed by atoms with Crippen LogP contribution in [-0.4, -0.2) is 16.9 Å². The van der Waals surface area contributed by atoms with Crippen LogP contribution >= 0.6 is 12.4 Å². The molecular formula is C17H24ClN3O.